The van der Waals surface area contributed by atoms with Crippen molar-refractivity contribution >= 4 is 27.5 Å². The number of nitrogens with zero attached hydrogens (tertiary/aromatic N) is 1. The van der Waals surface area contributed by atoms with Crippen LogP contribution in [0.3, 0.4) is 0 Å². The van der Waals surface area contributed by atoms with Crippen LogP contribution < -0.4 is 4.72 Å². The van der Waals surface area contributed by atoms with Crippen LogP contribution in [0, 0.1) is 10.1 Å². The first-order chi connectivity index (χ1) is 11.0. The van der Waals surface area contributed by atoms with E-state index in [4.69, 9.17) is 0 Å². The lowest BCUT2D eigenvalue weighted by Gasteiger charge is -2.06. The van der Waals surface area contributed by atoms with Crippen LogP contribution in [0.15, 0.2) is 59.5 Å². The zero-order valence-electron chi connectivity index (χ0n) is 12.2. The summed E-state index contributed by atoms with van der Waals surface area (Å²) in [5.74, 6) is 1.42. The fourth-order valence-electron chi connectivity index (χ4n) is 1.86. The molecule has 0 aliphatic heterocycles. The molecular formula is C15H16N2O4S2. The lowest BCUT2D eigenvalue weighted by atomic mass is 10.2. The molecule has 2 aromatic carbocycles. The highest BCUT2D eigenvalue weighted by atomic mass is 32.2. The second-order valence-electron chi connectivity index (χ2n) is 4.69. The van der Waals surface area contributed by atoms with Crippen LogP contribution in [0.1, 0.15) is 5.56 Å². The molecule has 0 aliphatic carbocycles. The lowest BCUT2D eigenvalue weighted by Crippen LogP contribution is -2.26. The van der Waals surface area contributed by atoms with E-state index in [0.717, 1.165) is 11.8 Å². The minimum absolute atomic E-state index is 0.0974. The number of non-ortho nitro benzene ring substituents is 1. The Hall–Kier alpha value is -1.90. The molecule has 0 heterocycles. The summed E-state index contributed by atoms with van der Waals surface area (Å²) in [6.07, 6.45) is 0. The first-order valence-electron chi connectivity index (χ1n) is 6.85. The van der Waals surface area contributed by atoms with Crippen LogP contribution in [0.2, 0.25) is 0 Å². The smallest absolute Gasteiger partial charge is 0.258 e. The van der Waals surface area contributed by atoms with Gasteiger partial charge >= 0.3 is 0 Å². The van der Waals surface area contributed by atoms with Crippen molar-refractivity contribution < 1.29 is 13.3 Å². The number of nitrogens with one attached hydrogen (secondary N) is 1. The summed E-state index contributed by atoms with van der Waals surface area (Å²) in [6.45, 7) is 0.266. The van der Waals surface area contributed by atoms with Gasteiger partial charge in [-0.05, 0) is 11.6 Å². The second-order valence-corrected chi connectivity index (χ2v) is 7.56. The lowest BCUT2D eigenvalue weighted by molar-refractivity contribution is -0.385. The van der Waals surface area contributed by atoms with Gasteiger partial charge in [-0.1, -0.05) is 36.4 Å². The van der Waals surface area contributed by atoms with Crippen molar-refractivity contribution in [2.75, 3.05) is 12.3 Å². The maximum Gasteiger partial charge on any atom is 0.270 e. The predicted molar refractivity (Wildman–Crippen MR) is 90.9 cm³/mol. The summed E-state index contributed by atoms with van der Waals surface area (Å²) in [7, 11) is -3.73. The van der Waals surface area contributed by atoms with Gasteiger partial charge in [-0.25, -0.2) is 13.1 Å². The second kappa shape index (κ2) is 8.09. The SMILES string of the molecule is O=[N+]([O-])c1cccc(S(=O)(=O)NCCSCc2ccccc2)c1. The molecular weight excluding hydrogens is 336 g/mol. The van der Waals surface area contributed by atoms with Gasteiger partial charge in [0.15, 0.2) is 0 Å². The van der Waals surface area contributed by atoms with Crippen molar-refractivity contribution in [3.63, 3.8) is 0 Å². The molecule has 0 spiro atoms. The Labute approximate surface area is 139 Å². The van der Waals surface area contributed by atoms with Crippen molar-refractivity contribution in [1.29, 1.82) is 0 Å². The summed E-state index contributed by atoms with van der Waals surface area (Å²) < 4.78 is 26.7. The molecule has 2 rings (SSSR count). The summed E-state index contributed by atoms with van der Waals surface area (Å²) >= 11 is 1.62. The fraction of sp³-hybridized carbons (Fsp3) is 0.200. The monoisotopic (exact) mass is 352 g/mol. The topological polar surface area (TPSA) is 89.3 Å². The molecule has 0 atom stereocenters. The quantitative estimate of drug-likeness (QED) is 0.448. The van der Waals surface area contributed by atoms with Crippen LogP contribution in [0.4, 0.5) is 5.69 Å². The number of nitro groups is 1. The number of benzene rings is 2. The van der Waals surface area contributed by atoms with Crippen LogP contribution in [0.25, 0.3) is 0 Å². The maximum atomic E-state index is 12.1. The van der Waals surface area contributed by atoms with Crippen molar-refractivity contribution in [3.05, 3.63) is 70.3 Å². The molecule has 0 saturated carbocycles. The van der Waals surface area contributed by atoms with E-state index in [1.807, 2.05) is 30.3 Å². The van der Waals surface area contributed by atoms with Gasteiger partial charge in [-0.15, -0.1) is 0 Å². The molecule has 6 nitrogen and oxygen atoms in total. The molecule has 0 radical (unpaired) electrons. The van der Waals surface area contributed by atoms with Gasteiger partial charge in [-0.2, -0.15) is 11.8 Å². The number of hydrogen-bond acceptors (Lipinski definition) is 5. The van der Waals surface area contributed by atoms with Gasteiger partial charge in [0.05, 0.1) is 9.82 Å². The summed E-state index contributed by atoms with van der Waals surface area (Å²) in [5, 5.41) is 10.7. The molecule has 0 aliphatic rings. The van der Waals surface area contributed by atoms with Gasteiger partial charge < -0.3 is 0 Å². The molecule has 0 aromatic heterocycles. The summed E-state index contributed by atoms with van der Waals surface area (Å²) in [6, 6.07) is 14.9. The Morgan fingerprint density at radius 2 is 1.83 bits per heavy atom. The molecule has 0 fully saturated rings. The predicted octanol–water partition coefficient (Wildman–Crippen LogP) is 2.81. The number of nitro benzene ring substituents is 1. The van der Waals surface area contributed by atoms with Crippen molar-refractivity contribution in [3.8, 4) is 0 Å². The van der Waals surface area contributed by atoms with E-state index in [9.17, 15) is 18.5 Å². The average molecular weight is 352 g/mol. The van der Waals surface area contributed by atoms with Crippen molar-refractivity contribution in [2.24, 2.45) is 0 Å². The number of thioether (sulfide) groups is 1. The van der Waals surface area contributed by atoms with E-state index in [1.54, 1.807) is 11.8 Å². The number of hydrogen-bond donors (Lipinski definition) is 1. The Bertz CT molecular complexity index is 764. The normalized spacial score (nSPS) is 11.3. The first kappa shape index (κ1) is 17.5. The molecule has 0 saturated heterocycles. The highest BCUT2D eigenvalue weighted by Gasteiger charge is 2.16. The van der Waals surface area contributed by atoms with Crippen LogP contribution >= 0.6 is 11.8 Å². The van der Waals surface area contributed by atoms with Gasteiger partial charge in [0.25, 0.3) is 5.69 Å². The third kappa shape index (κ3) is 5.34. The van der Waals surface area contributed by atoms with E-state index in [2.05, 4.69) is 4.72 Å². The Kier molecular flexibility index (Phi) is 6.14. The average Bonchev–Trinajstić information content (AvgIpc) is 2.55. The minimum atomic E-state index is -3.73. The minimum Gasteiger partial charge on any atom is -0.258 e. The third-order valence-corrected chi connectivity index (χ3v) is 5.48. The van der Waals surface area contributed by atoms with E-state index in [-0.39, 0.29) is 17.1 Å². The van der Waals surface area contributed by atoms with Crippen molar-refractivity contribution in [2.45, 2.75) is 10.6 Å². The largest absolute Gasteiger partial charge is 0.270 e. The molecule has 8 heteroatoms. The Morgan fingerprint density at radius 1 is 1.09 bits per heavy atom. The number of rotatable bonds is 8. The standard InChI is InChI=1S/C15H16N2O4S2/c18-17(19)14-7-4-8-15(11-14)23(20,21)16-9-10-22-12-13-5-2-1-3-6-13/h1-8,11,16H,9-10,12H2. The highest BCUT2D eigenvalue weighted by molar-refractivity contribution is 7.98. The molecule has 122 valence electrons. The van der Waals surface area contributed by atoms with Crippen LogP contribution in [-0.4, -0.2) is 25.6 Å². The first-order valence-corrected chi connectivity index (χ1v) is 9.48. The van der Waals surface area contributed by atoms with E-state index in [0.29, 0.717) is 5.75 Å². The molecule has 0 bridgehead atoms. The highest BCUT2D eigenvalue weighted by Crippen LogP contribution is 2.17. The van der Waals surface area contributed by atoms with E-state index >= 15 is 0 Å². The maximum absolute atomic E-state index is 12.1. The third-order valence-electron chi connectivity index (χ3n) is 2.99. The van der Waals surface area contributed by atoms with Gasteiger partial charge in [0, 0.05) is 30.2 Å². The molecule has 0 unspecified atom stereocenters. The fourth-order valence-corrected chi connectivity index (χ4v) is 3.88. The summed E-state index contributed by atoms with van der Waals surface area (Å²) in [4.78, 5) is 9.99. The van der Waals surface area contributed by atoms with Crippen LogP contribution in [-0.2, 0) is 15.8 Å². The zero-order chi connectivity index (χ0) is 16.7. The molecule has 1 N–H and O–H groups in total. The Morgan fingerprint density at radius 3 is 2.52 bits per heavy atom. The zero-order valence-corrected chi connectivity index (χ0v) is 13.8. The van der Waals surface area contributed by atoms with Gasteiger partial charge in [0.2, 0.25) is 10.0 Å². The number of sulfonamides is 1. The van der Waals surface area contributed by atoms with Crippen LogP contribution in [0.5, 0.6) is 0 Å². The molecule has 23 heavy (non-hydrogen) atoms. The molecule has 0 amide bonds. The van der Waals surface area contributed by atoms with Gasteiger partial charge in [0.1, 0.15) is 0 Å². The summed E-state index contributed by atoms with van der Waals surface area (Å²) in [5.41, 5.74) is 0.936. The van der Waals surface area contributed by atoms with E-state index < -0.39 is 14.9 Å². The molecule has 2 aromatic rings. The van der Waals surface area contributed by atoms with Crippen molar-refractivity contribution in [1.82, 2.24) is 4.72 Å². The van der Waals surface area contributed by atoms with E-state index in [1.165, 1.54) is 23.8 Å². The van der Waals surface area contributed by atoms with Gasteiger partial charge in [-0.3, -0.25) is 10.1 Å². The Balaban J connectivity index is 1.84.